The second-order valence-electron chi connectivity index (χ2n) is 4.16. The smallest absolute Gasteiger partial charge is 0.261 e. The molecule has 7 heteroatoms. The molecular weight excluding hydrogens is 290 g/mol. The number of hydrogen-bond donors (Lipinski definition) is 1. The van der Waals surface area contributed by atoms with Crippen molar-refractivity contribution in [1.82, 2.24) is 14.5 Å². The van der Waals surface area contributed by atoms with E-state index in [1.807, 2.05) is 48.3 Å². The maximum Gasteiger partial charge on any atom is 0.261 e. The molecule has 0 aliphatic heterocycles. The molecule has 0 aliphatic carbocycles. The zero-order valence-electron chi connectivity index (χ0n) is 11.8. The van der Waals surface area contributed by atoms with Crippen molar-refractivity contribution in [2.45, 2.75) is 0 Å². The molecule has 21 heavy (non-hydrogen) atoms. The molecule has 1 aromatic carbocycles. The summed E-state index contributed by atoms with van der Waals surface area (Å²) in [7, 11) is -1.73. The van der Waals surface area contributed by atoms with Crippen LogP contribution in [0.4, 0.5) is 0 Å². The summed E-state index contributed by atoms with van der Waals surface area (Å²) in [5, 5.41) is 1.20. The van der Waals surface area contributed by atoms with Gasteiger partial charge in [-0.3, -0.25) is 9.54 Å². The highest BCUT2D eigenvalue weighted by Gasteiger charge is 1.86. The molecule has 1 N–H and O–H groups in total. The van der Waals surface area contributed by atoms with Crippen LogP contribution in [0.2, 0.25) is 0 Å². The van der Waals surface area contributed by atoms with Crippen LogP contribution in [-0.4, -0.2) is 33.8 Å². The van der Waals surface area contributed by atoms with Crippen LogP contribution >= 0.6 is 0 Å². The molecule has 112 valence electrons. The summed E-state index contributed by atoms with van der Waals surface area (Å²) in [6.07, 6.45) is 7.91. The van der Waals surface area contributed by atoms with Gasteiger partial charge in [-0.25, -0.2) is 4.98 Å². The summed E-state index contributed by atoms with van der Waals surface area (Å²) in [4.78, 5) is 7.97. The van der Waals surface area contributed by atoms with Gasteiger partial charge in [-0.2, -0.15) is 8.42 Å². The Morgan fingerprint density at radius 1 is 1.10 bits per heavy atom. The van der Waals surface area contributed by atoms with E-state index >= 15 is 0 Å². The number of benzene rings is 1. The maximum absolute atomic E-state index is 9.19. The lowest BCUT2D eigenvalue weighted by molar-refractivity contribution is 0.490. The minimum absolute atomic E-state index is 0.715. The highest BCUT2D eigenvalue weighted by atomic mass is 32.2. The Morgan fingerprint density at radius 2 is 1.71 bits per heavy atom. The predicted octanol–water partition coefficient (Wildman–Crippen LogP) is 2.16. The molecular formula is C14H17N3O3S. The molecule has 2 heterocycles. The fraction of sp³-hybridized carbons (Fsp3) is 0.143. The Kier molecular flexibility index (Phi) is 6.51. The topological polar surface area (TPSA) is 85.1 Å². The van der Waals surface area contributed by atoms with E-state index in [0.717, 1.165) is 5.52 Å². The third kappa shape index (κ3) is 8.51. The summed E-state index contributed by atoms with van der Waals surface area (Å²) in [5.41, 5.74) is 1.06. The van der Waals surface area contributed by atoms with Gasteiger partial charge in [0.1, 0.15) is 0 Å². The van der Waals surface area contributed by atoms with Gasteiger partial charge in [0.15, 0.2) is 0 Å². The number of para-hydroxylation sites is 1. The maximum atomic E-state index is 9.19. The van der Waals surface area contributed by atoms with E-state index in [2.05, 4.69) is 22.1 Å². The summed E-state index contributed by atoms with van der Waals surface area (Å²) in [6, 6.07) is 12.1. The Hall–Kier alpha value is -2.25. The van der Waals surface area contributed by atoms with Crippen molar-refractivity contribution < 1.29 is 13.0 Å². The standard InChI is InChI=1S/C9H7N.C4H6N2.CH4O3S/c1-2-6-9-8(4-1)5-3-7-10-9;1-6-3-2-5-4-6;1-5(2,3)4/h1-7H;2-4H,1H3;1H3,(H,2,3,4). The molecule has 3 rings (SSSR count). The quantitative estimate of drug-likeness (QED) is 0.643. The van der Waals surface area contributed by atoms with E-state index in [9.17, 15) is 8.42 Å². The van der Waals surface area contributed by atoms with Crippen molar-refractivity contribution >= 4 is 21.0 Å². The number of nitrogens with zero attached hydrogens (tertiary/aromatic N) is 3. The molecule has 0 saturated heterocycles. The molecule has 2 aromatic heterocycles. The zero-order chi connectivity index (χ0) is 15.7. The Labute approximate surface area is 123 Å². The van der Waals surface area contributed by atoms with E-state index in [-0.39, 0.29) is 0 Å². The third-order valence-electron chi connectivity index (χ3n) is 2.15. The molecule has 0 bridgehead atoms. The lowest BCUT2D eigenvalue weighted by Gasteiger charge is -1.91. The molecule has 0 saturated carbocycles. The average Bonchev–Trinajstić information content (AvgIpc) is 2.89. The van der Waals surface area contributed by atoms with Gasteiger partial charge in [0.25, 0.3) is 10.1 Å². The average molecular weight is 307 g/mol. The van der Waals surface area contributed by atoms with Gasteiger partial charge in [0.05, 0.1) is 18.1 Å². The first kappa shape index (κ1) is 16.8. The number of aryl methyl sites for hydroxylation is 1. The fourth-order valence-electron chi connectivity index (χ4n) is 1.34. The van der Waals surface area contributed by atoms with Gasteiger partial charge in [-0.15, -0.1) is 0 Å². The van der Waals surface area contributed by atoms with Crippen molar-refractivity contribution in [3.63, 3.8) is 0 Å². The zero-order valence-corrected chi connectivity index (χ0v) is 12.6. The van der Waals surface area contributed by atoms with Gasteiger partial charge < -0.3 is 4.57 Å². The van der Waals surface area contributed by atoms with Gasteiger partial charge in [0, 0.05) is 31.0 Å². The molecule has 0 atom stereocenters. The molecule has 0 unspecified atom stereocenters. The van der Waals surface area contributed by atoms with Crippen LogP contribution in [0.15, 0.2) is 61.3 Å². The van der Waals surface area contributed by atoms with Crippen LogP contribution in [0, 0.1) is 0 Å². The van der Waals surface area contributed by atoms with Crippen molar-refractivity contribution in [2.24, 2.45) is 7.05 Å². The third-order valence-corrected chi connectivity index (χ3v) is 2.15. The van der Waals surface area contributed by atoms with E-state index in [1.54, 1.807) is 12.5 Å². The molecule has 0 spiro atoms. The van der Waals surface area contributed by atoms with E-state index in [1.165, 1.54) is 5.39 Å². The summed E-state index contributed by atoms with van der Waals surface area (Å²) in [6.45, 7) is 0. The van der Waals surface area contributed by atoms with E-state index in [4.69, 9.17) is 4.55 Å². The van der Waals surface area contributed by atoms with Crippen molar-refractivity contribution in [3.8, 4) is 0 Å². The molecule has 6 nitrogen and oxygen atoms in total. The fourth-order valence-corrected chi connectivity index (χ4v) is 1.34. The lowest BCUT2D eigenvalue weighted by atomic mass is 10.2. The molecule has 0 fully saturated rings. The van der Waals surface area contributed by atoms with Gasteiger partial charge >= 0.3 is 0 Å². The highest BCUT2D eigenvalue weighted by Crippen LogP contribution is 2.07. The first-order chi connectivity index (χ1) is 9.86. The van der Waals surface area contributed by atoms with Crippen LogP contribution in [0.5, 0.6) is 0 Å². The summed E-state index contributed by atoms with van der Waals surface area (Å²) >= 11 is 0. The first-order valence-corrected chi connectivity index (χ1v) is 7.85. The van der Waals surface area contributed by atoms with Crippen LogP contribution in [0.25, 0.3) is 10.9 Å². The van der Waals surface area contributed by atoms with Gasteiger partial charge in [-0.1, -0.05) is 24.3 Å². The minimum atomic E-state index is -3.67. The van der Waals surface area contributed by atoms with Crippen LogP contribution in [-0.2, 0) is 17.2 Å². The monoisotopic (exact) mass is 307 g/mol. The van der Waals surface area contributed by atoms with Gasteiger partial charge in [0.2, 0.25) is 0 Å². The highest BCUT2D eigenvalue weighted by molar-refractivity contribution is 7.85. The lowest BCUT2D eigenvalue weighted by Crippen LogP contribution is -1.88. The normalized spacial score (nSPS) is 10.0. The Morgan fingerprint density at radius 3 is 2.19 bits per heavy atom. The van der Waals surface area contributed by atoms with Gasteiger partial charge in [-0.05, 0) is 12.1 Å². The number of aromatic nitrogens is 3. The largest absolute Gasteiger partial charge is 0.341 e. The molecule has 3 aromatic rings. The molecule has 0 amide bonds. The van der Waals surface area contributed by atoms with Crippen LogP contribution < -0.4 is 0 Å². The number of imidazole rings is 1. The second kappa shape index (κ2) is 8.13. The van der Waals surface area contributed by atoms with Crippen molar-refractivity contribution in [2.75, 3.05) is 6.26 Å². The number of hydrogen-bond acceptors (Lipinski definition) is 4. The summed E-state index contributed by atoms with van der Waals surface area (Å²) in [5.74, 6) is 0. The number of rotatable bonds is 0. The Balaban J connectivity index is 0.000000173. The molecule has 0 radical (unpaired) electrons. The molecule has 0 aliphatic rings. The van der Waals surface area contributed by atoms with E-state index in [0.29, 0.717) is 6.26 Å². The number of pyridine rings is 1. The van der Waals surface area contributed by atoms with Crippen LogP contribution in [0.1, 0.15) is 0 Å². The van der Waals surface area contributed by atoms with E-state index < -0.39 is 10.1 Å². The summed E-state index contributed by atoms with van der Waals surface area (Å²) < 4.78 is 27.8. The Bertz CT molecular complexity index is 682. The van der Waals surface area contributed by atoms with Crippen LogP contribution in [0.3, 0.4) is 0 Å². The SMILES string of the molecule is CS(=O)(=O)O.Cn1ccnc1.c1ccc2ncccc2c1. The second-order valence-corrected chi connectivity index (χ2v) is 5.62. The minimum Gasteiger partial charge on any atom is -0.341 e. The first-order valence-electron chi connectivity index (χ1n) is 6.00. The van der Waals surface area contributed by atoms with Crippen molar-refractivity contribution in [1.29, 1.82) is 0 Å². The van der Waals surface area contributed by atoms with Crippen molar-refractivity contribution in [3.05, 3.63) is 61.3 Å². The predicted molar refractivity (Wildman–Crippen MR) is 82.4 cm³/mol. The number of fused-ring (bicyclic) bond motifs is 1.